The molecular formula is C25H30N2OS. The van der Waals surface area contributed by atoms with Crippen LogP contribution in [0.5, 0.6) is 0 Å². The lowest BCUT2D eigenvalue weighted by Gasteiger charge is -2.01. The van der Waals surface area contributed by atoms with Gasteiger partial charge in [0.25, 0.3) is 0 Å². The fourth-order valence-corrected chi connectivity index (χ4v) is 4.33. The topological polar surface area (TPSA) is 37.4 Å². The molecule has 1 aliphatic rings. The Labute approximate surface area is 178 Å². The first-order valence-corrected chi connectivity index (χ1v) is 11.1. The van der Waals surface area contributed by atoms with Crippen molar-refractivity contribution in [2.45, 2.75) is 44.9 Å². The van der Waals surface area contributed by atoms with Crippen LogP contribution in [0.15, 0.2) is 72.1 Å². The molecule has 0 saturated heterocycles. The summed E-state index contributed by atoms with van der Waals surface area (Å²) in [5.41, 5.74) is 4.16. The largest absolute Gasteiger partial charge is 0.494 e. The van der Waals surface area contributed by atoms with Crippen LogP contribution in [-0.2, 0) is 17.6 Å². The average Bonchev–Trinajstić information content (AvgIpc) is 3.46. The number of nitrogens with one attached hydrogen (secondary N) is 1. The number of rotatable bonds is 12. The Balaban J connectivity index is 1.69. The van der Waals surface area contributed by atoms with Gasteiger partial charge in [-0.25, -0.2) is 4.99 Å². The number of H-pyrrole nitrogens is 1. The predicted molar refractivity (Wildman–Crippen MR) is 126 cm³/mol. The van der Waals surface area contributed by atoms with E-state index in [-0.39, 0.29) is 0 Å². The minimum atomic E-state index is 0.809. The lowest BCUT2D eigenvalue weighted by Crippen LogP contribution is -1.88. The van der Waals surface area contributed by atoms with Gasteiger partial charge in [0.2, 0.25) is 0 Å². The summed E-state index contributed by atoms with van der Waals surface area (Å²) in [4.78, 5) is 10.9. The highest BCUT2D eigenvalue weighted by Crippen LogP contribution is 2.28. The molecule has 0 atom stereocenters. The second-order valence-corrected chi connectivity index (χ2v) is 8.33. The molecule has 0 aliphatic carbocycles. The summed E-state index contributed by atoms with van der Waals surface area (Å²) >= 11 is 1.81. The average molecular weight is 407 g/mol. The van der Waals surface area contributed by atoms with E-state index in [1.54, 1.807) is 7.11 Å². The van der Waals surface area contributed by atoms with Crippen molar-refractivity contribution in [3.05, 3.63) is 88.2 Å². The smallest absolute Gasteiger partial charge is 0.146 e. The molecule has 29 heavy (non-hydrogen) atoms. The standard InChI is InChI=1S/C25H30N2OS/c1-4-6-8-10-11-19-13-14-20(26-19)17-22-24(28-3)18-23(27-22)25-16-15-21(29-25)12-9-7-5-2/h4-5,13-18,26H,1-2,6-12H2,3H3/b22-17-. The van der Waals surface area contributed by atoms with Gasteiger partial charge in [-0.3, -0.25) is 0 Å². The molecule has 1 N–H and O–H groups in total. The number of methoxy groups -OCH3 is 1. The third kappa shape index (κ3) is 5.94. The monoisotopic (exact) mass is 406 g/mol. The minimum Gasteiger partial charge on any atom is -0.494 e. The molecule has 0 bridgehead atoms. The molecule has 0 amide bonds. The van der Waals surface area contributed by atoms with Gasteiger partial charge in [0.1, 0.15) is 11.5 Å². The third-order valence-electron chi connectivity index (χ3n) is 4.89. The van der Waals surface area contributed by atoms with E-state index in [4.69, 9.17) is 9.73 Å². The Morgan fingerprint density at radius 2 is 1.86 bits per heavy atom. The zero-order valence-electron chi connectivity index (χ0n) is 17.2. The highest BCUT2D eigenvalue weighted by molar-refractivity contribution is 7.14. The summed E-state index contributed by atoms with van der Waals surface area (Å²) in [6.07, 6.45) is 15.8. The SMILES string of the molecule is C=CCCCCc1ccc(/C=C2\N=C(c3ccc(CCCC=C)s3)C=C2OC)[nH]1. The Bertz CT molecular complexity index is 926. The van der Waals surface area contributed by atoms with Gasteiger partial charge in [-0.2, -0.15) is 0 Å². The summed E-state index contributed by atoms with van der Waals surface area (Å²) in [7, 11) is 1.70. The molecule has 4 heteroatoms. The number of aromatic nitrogens is 1. The van der Waals surface area contributed by atoms with Gasteiger partial charge < -0.3 is 9.72 Å². The van der Waals surface area contributed by atoms with Gasteiger partial charge in [0.15, 0.2) is 0 Å². The van der Waals surface area contributed by atoms with Crippen LogP contribution in [0, 0.1) is 0 Å². The number of hydrogen-bond acceptors (Lipinski definition) is 3. The van der Waals surface area contributed by atoms with E-state index in [0.29, 0.717) is 0 Å². The van der Waals surface area contributed by atoms with E-state index in [1.807, 2.05) is 29.6 Å². The second-order valence-electron chi connectivity index (χ2n) is 7.16. The van der Waals surface area contributed by atoms with E-state index < -0.39 is 0 Å². The fourth-order valence-electron chi connectivity index (χ4n) is 3.32. The molecule has 0 saturated carbocycles. The summed E-state index contributed by atoms with van der Waals surface area (Å²) in [6.45, 7) is 7.57. The maximum Gasteiger partial charge on any atom is 0.146 e. The highest BCUT2D eigenvalue weighted by atomic mass is 32.1. The number of aromatic amines is 1. The van der Waals surface area contributed by atoms with Crippen LogP contribution in [0.4, 0.5) is 0 Å². The molecule has 3 nitrogen and oxygen atoms in total. The zero-order chi connectivity index (χ0) is 20.5. The van der Waals surface area contributed by atoms with Crippen molar-refractivity contribution in [1.29, 1.82) is 0 Å². The molecule has 2 aromatic rings. The van der Waals surface area contributed by atoms with E-state index in [0.717, 1.165) is 55.0 Å². The first kappa shape index (κ1) is 21.1. The van der Waals surface area contributed by atoms with Crippen LogP contribution < -0.4 is 0 Å². The Hall–Kier alpha value is -2.59. The molecule has 2 aromatic heterocycles. The van der Waals surface area contributed by atoms with Crippen molar-refractivity contribution < 1.29 is 4.74 Å². The molecule has 0 fully saturated rings. The number of thiophene rings is 1. The lowest BCUT2D eigenvalue weighted by molar-refractivity contribution is 0.303. The van der Waals surface area contributed by atoms with E-state index in [2.05, 4.69) is 48.5 Å². The molecular weight excluding hydrogens is 376 g/mol. The van der Waals surface area contributed by atoms with Crippen molar-refractivity contribution in [3.63, 3.8) is 0 Å². The van der Waals surface area contributed by atoms with Crippen LogP contribution in [0.2, 0.25) is 0 Å². The van der Waals surface area contributed by atoms with Crippen LogP contribution in [0.3, 0.4) is 0 Å². The number of aliphatic imine (C=N–C) groups is 1. The molecule has 0 radical (unpaired) electrons. The number of allylic oxidation sites excluding steroid dienone is 3. The Morgan fingerprint density at radius 1 is 1.03 bits per heavy atom. The molecule has 152 valence electrons. The number of hydrogen-bond donors (Lipinski definition) is 1. The van der Waals surface area contributed by atoms with Gasteiger partial charge in [-0.05, 0) is 75.3 Å². The summed E-state index contributed by atoms with van der Waals surface area (Å²) < 4.78 is 5.58. The van der Waals surface area contributed by atoms with Gasteiger partial charge in [0.05, 0.1) is 17.7 Å². The summed E-state index contributed by atoms with van der Waals surface area (Å²) in [5.74, 6) is 0.809. The first-order valence-electron chi connectivity index (χ1n) is 10.3. The van der Waals surface area contributed by atoms with Crippen molar-refractivity contribution in [2.75, 3.05) is 7.11 Å². The van der Waals surface area contributed by atoms with Crippen LogP contribution in [0.25, 0.3) is 6.08 Å². The number of aryl methyl sites for hydroxylation is 2. The maximum atomic E-state index is 5.58. The van der Waals surface area contributed by atoms with Crippen LogP contribution in [0.1, 0.15) is 53.2 Å². The highest BCUT2D eigenvalue weighted by Gasteiger charge is 2.18. The van der Waals surface area contributed by atoms with Crippen molar-refractivity contribution in [3.8, 4) is 0 Å². The molecule has 0 unspecified atom stereocenters. The van der Waals surface area contributed by atoms with E-state index in [1.165, 1.54) is 28.3 Å². The molecule has 0 aromatic carbocycles. The number of ether oxygens (including phenoxy) is 1. The van der Waals surface area contributed by atoms with E-state index >= 15 is 0 Å². The second kappa shape index (κ2) is 10.8. The minimum absolute atomic E-state index is 0.809. The predicted octanol–water partition coefficient (Wildman–Crippen LogP) is 6.86. The maximum absolute atomic E-state index is 5.58. The molecule has 0 spiro atoms. The van der Waals surface area contributed by atoms with E-state index in [9.17, 15) is 0 Å². The normalized spacial score (nSPS) is 14.7. The quantitative estimate of drug-likeness (QED) is 0.303. The molecule has 1 aliphatic heterocycles. The van der Waals surface area contributed by atoms with Crippen molar-refractivity contribution in [1.82, 2.24) is 4.98 Å². The van der Waals surface area contributed by atoms with Crippen LogP contribution >= 0.6 is 11.3 Å². The first-order chi connectivity index (χ1) is 14.2. The fraction of sp³-hybridized carbons (Fsp3) is 0.320. The number of unbranched alkanes of at least 4 members (excludes halogenated alkanes) is 3. The van der Waals surface area contributed by atoms with Gasteiger partial charge in [0, 0.05) is 22.3 Å². The van der Waals surface area contributed by atoms with Crippen LogP contribution in [-0.4, -0.2) is 17.8 Å². The molecule has 3 rings (SSSR count). The number of nitrogens with zero attached hydrogens (tertiary/aromatic N) is 1. The van der Waals surface area contributed by atoms with Gasteiger partial charge in [-0.15, -0.1) is 24.5 Å². The van der Waals surface area contributed by atoms with Crippen molar-refractivity contribution in [2.24, 2.45) is 4.99 Å². The van der Waals surface area contributed by atoms with Gasteiger partial charge >= 0.3 is 0 Å². The zero-order valence-corrected chi connectivity index (χ0v) is 18.1. The summed E-state index contributed by atoms with van der Waals surface area (Å²) in [5, 5.41) is 0. The molecule has 3 heterocycles. The Kier molecular flexibility index (Phi) is 7.88. The Morgan fingerprint density at radius 3 is 2.66 bits per heavy atom. The summed E-state index contributed by atoms with van der Waals surface area (Å²) in [6, 6.07) is 8.64. The lowest BCUT2D eigenvalue weighted by atomic mass is 10.1. The van der Waals surface area contributed by atoms with Crippen molar-refractivity contribution >= 4 is 23.1 Å². The third-order valence-corrected chi connectivity index (χ3v) is 6.06. The van der Waals surface area contributed by atoms with Gasteiger partial charge in [-0.1, -0.05) is 12.2 Å².